The van der Waals surface area contributed by atoms with Gasteiger partial charge in [-0.3, -0.25) is 0 Å². The summed E-state index contributed by atoms with van der Waals surface area (Å²) < 4.78 is 12.0. The van der Waals surface area contributed by atoms with Crippen molar-refractivity contribution in [3.63, 3.8) is 0 Å². The van der Waals surface area contributed by atoms with Gasteiger partial charge in [0.25, 0.3) is 0 Å². The smallest absolute Gasteiger partial charge is 0.212 e. The Kier molecular flexibility index (Phi) is 6.50. The van der Waals surface area contributed by atoms with Crippen LogP contribution in [0.1, 0.15) is 70.3 Å². The van der Waals surface area contributed by atoms with Crippen LogP contribution in [-0.2, 0) is 32.5 Å². The maximum absolute atomic E-state index is 11.0. The first kappa shape index (κ1) is 23.7. The molecule has 2 N–H and O–H groups in total. The van der Waals surface area contributed by atoms with E-state index in [1.807, 2.05) is 0 Å². The number of aromatic hydroxyl groups is 1. The van der Waals surface area contributed by atoms with Crippen LogP contribution in [0.25, 0.3) is 0 Å². The minimum Gasteiger partial charge on any atom is -0.507 e. The highest BCUT2D eigenvalue weighted by atomic mass is 35.5. The Morgan fingerprint density at radius 1 is 0.933 bits per heavy atom. The summed E-state index contributed by atoms with van der Waals surface area (Å²) >= 11 is 18.7. The molecule has 7 heteroatoms. The molecular formula is C23H30Cl3NO3. The average molecular weight is 475 g/mol. The van der Waals surface area contributed by atoms with Crippen LogP contribution in [0.5, 0.6) is 5.75 Å². The highest BCUT2D eigenvalue weighted by Crippen LogP contribution is 2.45. The minimum absolute atomic E-state index is 0.193. The van der Waals surface area contributed by atoms with Crippen LogP contribution in [-0.4, -0.2) is 23.3 Å². The zero-order chi connectivity index (χ0) is 22.5. The van der Waals surface area contributed by atoms with Crippen LogP contribution in [0.3, 0.4) is 0 Å². The lowest BCUT2D eigenvalue weighted by Gasteiger charge is -2.30. The molecule has 0 spiro atoms. The van der Waals surface area contributed by atoms with Crippen molar-refractivity contribution in [2.75, 3.05) is 13.2 Å². The predicted octanol–water partition coefficient (Wildman–Crippen LogP) is 7.11. The molecular weight excluding hydrogens is 445 g/mol. The molecule has 0 saturated carbocycles. The van der Waals surface area contributed by atoms with Crippen molar-refractivity contribution in [3.8, 4) is 5.75 Å². The Morgan fingerprint density at radius 2 is 1.43 bits per heavy atom. The maximum Gasteiger partial charge on any atom is 0.212 e. The van der Waals surface area contributed by atoms with Gasteiger partial charge < -0.3 is 19.6 Å². The summed E-state index contributed by atoms with van der Waals surface area (Å²) in [5, 5.41) is 11.8. The van der Waals surface area contributed by atoms with Gasteiger partial charge >= 0.3 is 0 Å². The maximum atomic E-state index is 11.0. The number of rotatable bonds is 4. The first-order valence-corrected chi connectivity index (χ1v) is 11.3. The number of H-pyrrole nitrogens is 1. The Morgan fingerprint density at radius 3 is 1.83 bits per heavy atom. The highest BCUT2D eigenvalue weighted by molar-refractivity contribution is 6.48. The van der Waals surface area contributed by atoms with E-state index in [4.69, 9.17) is 44.3 Å². The van der Waals surface area contributed by atoms with Crippen LogP contribution < -0.4 is 0 Å². The number of aromatic nitrogens is 1. The number of ether oxygens (including phenoxy) is 2. The van der Waals surface area contributed by atoms with Crippen molar-refractivity contribution in [2.45, 2.75) is 71.0 Å². The number of hydrogen-bond donors (Lipinski definition) is 2. The van der Waals surface area contributed by atoms with Gasteiger partial charge in [0.1, 0.15) is 10.9 Å². The van der Waals surface area contributed by atoms with E-state index in [-0.39, 0.29) is 21.0 Å². The molecule has 3 rings (SSSR count). The van der Waals surface area contributed by atoms with Gasteiger partial charge in [-0.2, -0.15) is 0 Å². The van der Waals surface area contributed by atoms with E-state index in [1.54, 1.807) is 0 Å². The molecule has 0 aliphatic carbocycles. The molecule has 0 unspecified atom stereocenters. The number of benzene rings is 1. The third kappa shape index (κ3) is 4.49. The molecule has 166 valence electrons. The highest BCUT2D eigenvalue weighted by Gasteiger charge is 2.42. The van der Waals surface area contributed by atoms with E-state index in [1.165, 1.54) is 0 Å². The Balaban J connectivity index is 2.00. The zero-order valence-electron chi connectivity index (χ0n) is 18.4. The fourth-order valence-corrected chi connectivity index (χ4v) is 4.51. The van der Waals surface area contributed by atoms with Gasteiger partial charge in [0.2, 0.25) is 5.79 Å². The summed E-state index contributed by atoms with van der Waals surface area (Å²) in [6, 6.07) is 4.15. The topological polar surface area (TPSA) is 54.5 Å². The number of phenols is 1. The zero-order valence-corrected chi connectivity index (χ0v) is 20.6. The summed E-state index contributed by atoms with van der Waals surface area (Å²) in [4.78, 5) is 3.02. The molecule has 0 bridgehead atoms. The molecule has 0 atom stereocenters. The monoisotopic (exact) mass is 473 g/mol. The summed E-state index contributed by atoms with van der Waals surface area (Å²) in [7, 11) is 0. The Labute approximate surface area is 193 Å². The third-order valence-electron chi connectivity index (χ3n) is 5.50. The molecule has 4 nitrogen and oxygen atoms in total. The van der Waals surface area contributed by atoms with Gasteiger partial charge in [-0.1, -0.05) is 88.5 Å². The first-order valence-electron chi connectivity index (χ1n) is 10.1. The van der Waals surface area contributed by atoms with E-state index < -0.39 is 5.79 Å². The SMILES string of the molecule is CC(C)(C)c1cc(CCC2(c3[nH]c(Cl)c(Cl)c3Cl)OCCO2)cc(C(C)(C)C)c1O. The lowest BCUT2D eigenvalue weighted by Crippen LogP contribution is -2.29. The summed E-state index contributed by atoms with van der Waals surface area (Å²) in [5.41, 5.74) is 3.11. The number of nitrogens with one attached hydrogen (secondary N) is 1. The first-order chi connectivity index (χ1) is 13.8. The Hall–Kier alpha value is -0.910. The van der Waals surface area contributed by atoms with Crippen LogP contribution in [0.4, 0.5) is 0 Å². The average Bonchev–Trinajstić information content (AvgIpc) is 3.20. The third-order valence-corrected chi connectivity index (χ3v) is 6.74. The molecule has 2 aromatic rings. The van der Waals surface area contributed by atoms with Crippen LogP contribution in [0, 0.1) is 0 Å². The van der Waals surface area contributed by atoms with Gasteiger partial charge in [-0.15, -0.1) is 0 Å². The molecule has 1 aliphatic rings. The lowest BCUT2D eigenvalue weighted by molar-refractivity contribution is -0.173. The van der Waals surface area contributed by atoms with Crippen LogP contribution in [0.15, 0.2) is 12.1 Å². The molecule has 1 saturated heterocycles. The van der Waals surface area contributed by atoms with Crippen molar-refractivity contribution in [2.24, 2.45) is 0 Å². The molecule has 1 aromatic heterocycles. The summed E-state index contributed by atoms with van der Waals surface area (Å²) in [6.07, 6.45) is 1.19. The summed E-state index contributed by atoms with van der Waals surface area (Å²) in [5.74, 6) is -0.664. The fourth-order valence-electron chi connectivity index (χ4n) is 3.85. The molecule has 1 aliphatic heterocycles. The number of phenolic OH excluding ortho intramolecular Hbond substituents is 1. The molecule has 1 fully saturated rings. The second-order valence-electron chi connectivity index (χ2n) is 9.93. The van der Waals surface area contributed by atoms with E-state index in [0.29, 0.717) is 42.5 Å². The van der Waals surface area contributed by atoms with Gasteiger partial charge in [0, 0.05) is 6.42 Å². The van der Waals surface area contributed by atoms with Crippen molar-refractivity contribution >= 4 is 34.8 Å². The van der Waals surface area contributed by atoms with Gasteiger partial charge in [-0.05, 0) is 33.9 Å². The van der Waals surface area contributed by atoms with E-state index in [0.717, 1.165) is 16.7 Å². The normalized spacial score (nSPS) is 17.0. The second kappa shape index (κ2) is 8.22. The van der Waals surface area contributed by atoms with E-state index >= 15 is 0 Å². The number of aromatic amines is 1. The quantitative estimate of drug-likeness (QED) is 0.496. The Bertz CT molecular complexity index is 897. The van der Waals surface area contributed by atoms with Crippen molar-refractivity contribution < 1.29 is 14.6 Å². The molecule has 30 heavy (non-hydrogen) atoms. The molecule has 1 aromatic carbocycles. The predicted molar refractivity (Wildman–Crippen MR) is 123 cm³/mol. The number of hydrogen-bond acceptors (Lipinski definition) is 3. The van der Waals surface area contributed by atoms with E-state index in [9.17, 15) is 5.11 Å². The fraction of sp³-hybridized carbons (Fsp3) is 0.565. The van der Waals surface area contributed by atoms with Crippen molar-refractivity contribution in [3.05, 3.63) is 49.7 Å². The molecule has 0 amide bonds. The lowest BCUT2D eigenvalue weighted by atomic mass is 9.78. The minimum atomic E-state index is -1.03. The summed E-state index contributed by atoms with van der Waals surface area (Å²) in [6.45, 7) is 13.5. The number of halogens is 3. The molecule has 2 heterocycles. The molecule has 0 radical (unpaired) electrons. The standard InChI is InChI=1S/C23H30Cl3NO3/c1-21(2,3)14-11-13(12-15(18(14)28)22(4,5)6)7-8-23(29-9-10-30-23)19-16(24)17(25)20(26)27-19/h11-12,27-28H,7-10H2,1-6H3. The van der Waals surface area contributed by atoms with Crippen molar-refractivity contribution in [1.82, 2.24) is 4.98 Å². The number of aryl methyl sites for hydroxylation is 1. The van der Waals surface area contributed by atoms with Gasteiger partial charge in [0.05, 0.1) is 29.0 Å². The second-order valence-corrected chi connectivity index (χ2v) is 11.1. The van der Waals surface area contributed by atoms with E-state index in [2.05, 4.69) is 58.7 Å². The van der Waals surface area contributed by atoms with Crippen molar-refractivity contribution in [1.29, 1.82) is 0 Å². The van der Waals surface area contributed by atoms with Crippen LogP contribution in [0.2, 0.25) is 15.2 Å². The largest absolute Gasteiger partial charge is 0.507 e. The van der Waals surface area contributed by atoms with Gasteiger partial charge in [0.15, 0.2) is 0 Å². The van der Waals surface area contributed by atoms with Crippen LogP contribution >= 0.6 is 34.8 Å². The van der Waals surface area contributed by atoms with Gasteiger partial charge in [-0.25, -0.2) is 0 Å².